The van der Waals surface area contributed by atoms with Crippen molar-refractivity contribution in [1.82, 2.24) is 14.5 Å². The van der Waals surface area contributed by atoms with Crippen molar-refractivity contribution in [2.24, 2.45) is 0 Å². The van der Waals surface area contributed by atoms with E-state index in [0.29, 0.717) is 23.1 Å². The van der Waals surface area contributed by atoms with Crippen LogP contribution >= 0.6 is 15.9 Å². The first-order valence-corrected chi connectivity index (χ1v) is 9.88. The van der Waals surface area contributed by atoms with Gasteiger partial charge in [-0.2, -0.15) is 0 Å². The second-order valence-electron chi connectivity index (χ2n) is 6.73. The number of aromatic nitrogens is 2. The van der Waals surface area contributed by atoms with Crippen LogP contribution in [0.2, 0.25) is 0 Å². The summed E-state index contributed by atoms with van der Waals surface area (Å²) >= 11 is 3.36. The minimum absolute atomic E-state index is 0.0547. The van der Waals surface area contributed by atoms with Crippen molar-refractivity contribution in [2.75, 3.05) is 12.4 Å². The smallest absolute Gasteiger partial charge is 0.261 e. The van der Waals surface area contributed by atoms with Crippen molar-refractivity contribution >= 4 is 44.3 Å². The highest BCUT2D eigenvalue weighted by Gasteiger charge is 2.11. The molecule has 0 saturated carbocycles. The van der Waals surface area contributed by atoms with Crippen LogP contribution in [0.3, 0.4) is 0 Å². The van der Waals surface area contributed by atoms with Gasteiger partial charge in [0.2, 0.25) is 11.8 Å². The van der Waals surface area contributed by atoms with Gasteiger partial charge in [0, 0.05) is 43.6 Å². The van der Waals surface area contributed by atoms with Crippen LogP contribution in [-0.2, 0) is 22.7 Å². The first kappa shape index (κ1) is 20.7. The van der Waals surface area contributed by atoms with Gasteiger partial charge in [-0.3, -0.25) is 19.0 Å². The third-order valence-corrected chi connectivity index (χ3v) is 5.10. The number of nitrogens with zero attached hydrogens (tertiary/aromatic N) is 3. The standard InChI is InChI=1S/C21H21BrN4O3/c1-14(27)25(2)12-15-5-3-4-6-18(15)24-20(28)9-10-26-13-23-19-8-7-16(22)11-17(19)21(26)29/h3-8,11,13H,9-10,12H2,1-2H3,(H,24,28). The summed E-state index contributed by atoms with van der Waals surface area (Å²) in [4.78, 5) is 42.4. The summed E-state index contributed by atoms with van der Waals surface area (Å²) in [6, 6.07) is 12.7. The molecule has 2 aromatic carbocycles. The molecule has 3 aromatic rings. The van der Waals surface area contributed by atoms with Crippen LogP contribution in [0.15, 0.2) is 58.1 Å². The summed E-state index contributed by atoms with van der Waals surface area (Å²) in [5, 5.41) is 3.37. The Balaban J connectivity index is 1.70. The van der Waals surface area contributed by atoms with Crippen LogP contribution < -0.4 is 10.9 Å². The van der Waals surface area contributed by atoms with Gasteiger partial charge in [0.15, 0.2) is 0 Å². The normalized spacial score (nSPS) is 10.7. The molecule has 29 heavy (non-hydrogen) atoms. The lowest BCUT2D eigenvalue weighted by Crippen LogP contribution is -2.25. The zero-order chi connectivity index (χ0) is 21.0. The highest BCUT2D eigenvalue weighted by molar-refractivity contribution is 9.10. The number of benzene rings is 2. The molecular weight excluding hydrogens is 436 g/mol. The first-order valence-electron chi connectivity index (χ1n) is 9.09. The van der Waals surface area contributed by atoms with E-state index in [1.165, 1.54) is 17.8 Å². The largest absolute Gasteiger partial charge is 0.342 e. The number of carbonyl (C=O) groups excluding carboxylic acids is 2. The molecule has 150 valence electrons. The number of amides is 2. The Hall–Kier alpha value is -3.00. The number of hydrogen-bond donors (Lipinski definition) is 1. The summed E-state index contributed by atoms with van der Waals surface area (Å²) in [6.07, 6.45) is 1.58. The maximum Gasteiger partial charge on any atom is 0.261 e. The SMILES string of the molecule is CC(=O)N(C)Cc1ccccc1NC(=O)CCn1cnc2ccc(Br)cc2c1=O. The molecule has 2 amide bonds. The Morgan fingerprint density at radius 1 is 1.21 bits per heavy atom. The van der Waals surface area contributed by atoms with Gasteiger partial charge in [0.05, 0.1) is 17.2 Å². The topological polar surface area (TPSA) is 84.3 Å². The molecule has 8 heteroatoms. The van der Waals surface area contributed by atoms with Crippen molar-refractivity contribution in [1.29, 1.82) is 0 Å². The zero-order valence-corrected chi connectivity index (χ0v) is 17.8. The Labute approximate surface area is 176 Å². The summed E-state index contributed by atoms with van der Waals surface area (Å²) in [5.74, 6) is -0.273. The highest BCUT2D eigenvalue weighted by Crippen LogP contribution is 2.18. The lowest BCUT2D eigenvalue weighted by Gasteiger charge is -2.18. The van der Waals surface area contributed by atoms with Gasteiger partial charge in [-0.15, -0.1) is 0 Å². The van der Waals surface area contributed by atoms with Gasteiger partial charge in [0.25, 0.3) is 5.56 Å². The van der Waals surface area contributed by atoms with Crippen LogP contribution in [0.1, 0.15) is 18.9 Å². The van der Waals surface area contributed by atoms with Crippen LogP contribution in [-0.4, -0.2) is 33.3 Å². The Kier molecular flexibility index (Phi) is 6.43. The van der Waals surface area contributed by atoms with Crippen molar-refractivity contribution in [2.45, 2.75) is 26.4 Å². The summed E-state index contributed by atoms with van der Waals surface area (Å²) in [7, 11) is 1.71. The minimum Gasteiger partial charge on any atom is -0.342 e. The van der Waals surface area contributed by atoms with Gasteiger partial charge >= 0.3 is 0 Å². The van der Waals surface area contributed by atoms with Crippen LogP contribution in [0.4, 0.5) is 5.69 Å². The molecule has 1 aromatic heterocycles. The predicted octanol–water partition coefficient (Wildman–Crippen LogP) is 3.17. The molecule has 0 spiro atoms. The fraction of sp³-hybridized carbons (Fsp3) is 0.238. The van der Waals surface area contributed by atoms with Crippen LogP contribution in [0, 0.1) is 0 Å². The molecule has 7 nitrogen and oxygen atoms in total. The van der Waals surface area contributed by atoms with Crippen molar-refractivity contribution in [3.05, 3.63) is 69.2 Å². The highest BCUT2D eigenvalue weighted by atomic mass is 79.9. The molecule has 0 radical (unpaired) electrons. The van der Waals surface area contributed by atoms with E-state index in [1.54, 1.807) is 30.1 Å². The number of hydrogen-bond acceptors (Lipinski definition) is 4. The van der Waals surface area contributed by atoms with E-state index in [4.69, 9.17) is 0 Å². The maximum absolute atomic E-state index is 12.6. The number of carbonyl (C=O) groups is 2. The summed E-state index contributed by atoms with van der Waals surface area (Å²) < 4.78 is 2.23. The van der Waals surface area contributed by atoms with E-state index in [2.05, 4.69) is 26.2 Å². The molecule has 0 fully saturated rings. The molecule has 0 saturated heterocycles. The molecular formula is C21H21BrN4O3. The van der Waals surface area contributed by atoms with E-state index in [1.807, 2.05) is 24.3 Å². The first-order chi connectivity index (χ1) is 13.8. The van der Waals surface area contributed by atoms with E-state index >= 15 is 0 Å². The minimum atomic E-state index is -0.218. The Morgan fingerprint density at radius 2 is 1.97 bits per heavy atom. The molecule has 0 aliphatic heterocycles. The zero-order valence-electron chi connectivity index (χ0n) is 16.2. The van der Waals surface area contributed by atoms with Gasteiger partial charge in [-0.1, -0.05) is 34.1 Å². The Morgan fingerprint density at radius 3 is 2.72 bits per heavy atom. The molecule has 0 aliphatic carbocycles. The van der Waals surface area contributed by atoms with E-state index in [-0.39, 0.29) is 30.3 Å². The maximum atomic E-state index is 12.6. The number of nitrogens with one attached hydrogen (secondary N) is 1. The second-order valence-corrected chi connectivity index (χ2v) is 7.65. The van der Waals surface area contributed by atoms with E-state index in [0.717, 1.165) is 10.0 Å². The number of rotatable bonds is 6. The van der Waals surface area contributed by atoms with Crippen molar-refractivity contribution in [3.8, 4) is 0 Å². The van der Waals surface area contributed by atoms with E-state index < -0.39 is 0 Å². The average molecular weight is 457 g/mol. The van der Waals surface area contributed by atoms with Gasteiger partial charge < -0.3 is 10.2 Å². The molecule has 0 unspecified atom stereocenters. The Bertz CT molecular complexity index is 1130. The predicted molar refractivity (Wildman–Crippen MR) is 116 cm³/mol. The fourth-order valence-corrected chi connectivity index (χ4v) is 3.23. The lowest BCUT2D eigenvalue weighted by molar-refractivity contribution is -0.128. The molecule has 0 aliphatic rings. The number of fused-ring (bicyclic) bond motifs is 1. The van der Waals surface area contributed by atoms with Crippen LogP contribution in [0.5, 0.6) is 0 Å². The summed E-state index contributed by atoms with van der Waals surface area (Å²) in [6.45, 7) is 2.11. The fourth-order valence-electron chi connectivity index (χ4n) is 2.87. The quantitative estimate of drug-likeness (QED) is 0.617. The molecule has 0 bridgehead atoms. The lowest BCUT2D eigenvalue weighted by atomic mass is 10.1. The van der Waals surface area contributed by atoms with Crippen LogP contribution in [0.25, 0.3) is 10.9 Å². The van der Waals surface area contributed by atoms with Gasteiger partial charge in [-0.05, 0) is 29.8 Å². The summed E-state index contributed by atoms with van der Waals surface area (Å²) in [5.41, 5.74) is 1.92. The number of halogens is 1. The number of para-hydroxylation sites is 1. The third kappa shape index (κ3) is 5.08. The monoisotopic (exact) mass is 456 g/mol. The van der Waals surface area contributed by atoms with Gasteiger partial charge in [-0.25, -0.2) is 4.98 Å². The third-order valence-electron chi connectivity index (χ3n) is 4.60. The average Bonchev–Trinajstić information content (AvgIpc) is 2.69. The van der Waals surface area contributed by atoms with Gasteiger partial charge in [0.1, 0.15) is 0 Å². The van der Waals surface area contributed by atoms with Crippen molar-refractivity contribution in [3.63, 3.8) is 0 Å². The molecule has 3 rings (SSSR count). The van der Waals surface area contributed by atoms with Crippen molar-refractivity contribution < 1.29 is 9.59 Å². The molecule has 1 N–H and O–H groups in total. The molecule has 1 heterocycles. The second kappa shape index (κ2) is 9.00. The number of anilines is 1. The van der Waals surface area contributed by atoms with E-state index in [9.17, 15) is 14.4 Å². The number of aryl methyl sites for hydroxylation is 1. The molecule has 0 atom stereocenters.